The predicted molar refractivity (Wildman–Crippen MR) is 106 cm³/mol. The third kappa shape index (κ3) is 3.46. The van der Waals surface area contributed by atoms with Gasteiger partial charge < -0.3 is 9.64 Å². The van der Waals surface area contributed by atoms with Gasteiger partial charge in [0.25, 0.3) is 0 Å². The van der Waals surface area contributed by atoms with Crippen LogP contribution in [0.1, 0.15) is 34.3 Å². The molecule has 0 N–H and O–H groups in total. The molecule has 1 fully saturated rings. The molecule has 2 aromatic carbocycles. The summed E-state index contributed by atoms with van der Waals surface area (Å²) in [5, 5.41) is 0. The average Bonchev–Trinajstić information content (AvgIpc) is 2.99. The average molecular weight is 429 g/mol. The lowest BCUT2D eigenvalue weighted by atomic mass is 9.84. The number of hydrogen-bond donors (Lipinski definition) is 0. The lowest BCUT2D eigenvalue weighted by Gasteiger charge is -2.39. The van der Waals surface area contributed by atoms with E-state index in [0.29, 0.717) is 38.0 Å². The Morgan fingerprint density at radius 1 is 1.07 bits per heavy atom. The maximum Gasteiger partial charge on any atom is 0.339 e. The van der Waals surface area contributed by atoms with Crippen LogP contribution in [0, 0.1) is 0 Å². The second-order valence-corrected chi connectivity index (χ2v) is 7.88. The van der Waals surface area contributed by atoms with E-state index in [1.54, 1.807) is 3.93 Å². The zero-order chi connectivity index (χ0) is 18.9. The Morgan fingerprint density at radius 2 is 1.74 bits per heavy atom. The normalized spacial score (nSPS) is 17.5. The second-order valence-electron chi connectivity index (χ2n) is 7.02. The largest absolute Gasteiger partial charge is 0.450 e. The fraction of sp³-hybridized carbons (Fsp3) is 0.333. The van der Waals surface area contributed by atoms with Crippen LogP contribution in [0.25, 0.3) is 0 Å². The summed E-state index contributed by atoms with van der Waals surface area (Å²) in [7, 11) is 0. The number of nitrogens with zero attached hydrogens (tertiary/aromatic N) is 2. The molecular formula is C21H21BrN2O3. The lowest BCUT2D eigenvalue weighted by molar-refractivity contribution is -0.0376. The molecule has 0 bridgehead atoms. The van der Waals surface area contributed by atoms with Crippen molar-refractivity contribution in [2.24, 2.45) is 0 Å². The van der Waals surface area contributed by atoms with E-state index in [1.165, 1.54) is 5.56 Å². The predicted octanol–water partition coefficient (Wildman–Crippen LogP) is 4.12. The van der Waals surface area contributed by atoms with E-state index in [2.05, 4.69) is 28.3 Å². The van der Waals surface area contributed by atoms with Gasteiger partial charge in [-0.1, -0.05) is 48.5 Å². The third-order valence-corrected chi connectivity index (χ3v) is 6.07. The van der Waals surface area contributed by atoms with E-state index in [0.717, 1.165) is 12.0 Å². The molecule has 2 aromatic rings. The van der Waals surface area contributed by atoms with Gasteiger partial charge in [-0.25, -0.2) is 9.59 Å². The first-order valence-electron chi connectivity index (χ1n) is 9.18. The summed E-state index contributed by atoms with van der Waals surface area (Å²) in [6.07, 6.45) is 2.04. The van der Waals surface area contributed by atoms with Crippen molar-refractivity contribution in [3.05, 3.63) is 71.3 Å². The van der Waals surface area contributed by atoms with E-state index in [1.807, 2.05) is 47.4 Å². The summed E-state index contributed by atoms with van der Waals surface area (Å²) >= 11 is 3.40. The highest BCUT2D eigenvalue weighted by atomic mass is 79.9. The number of rotatable bonds is 3. The highest BCUT2D eigenvalue weighted by molar-refractivity contribution is 9.07. The highest BCUT2D eigenvalue weighted by Gasteiger charge is 2.47. The molecule has 2 aliphatic heterocycles. The van der Waals surface area contributed by atoms with Gasteiger partial charge in [0.1, 0.15) is 5.60 Å². The van der Waals surface area contributed by atoms with Gasteiger partial charge in [0.05, 0.1) is 21.7 Å². The van der Waals surface area contributed by atoms with Crippen molar-refractivity contribution in [2.75, 3.05) is 19.6 Å². The minimum absolute atomic E-state index is 0.0432. The van der Waals surface area contributed by atoms with Crippen LogP contribution in [-0.2, 0) is 16.8 Å². The quantitative estimate of drug-likeness (QED) is 0.545. The van der Waals surface area contributed by atoms with Crippen LogP contribution >= 0.6 is 16.1 Å². The van der Waals surface area contributed by atoms with Gasteiger partial charge in [0.2, 0.25) is 0 Å². The molecule has 140 valence electrons. The van der Waals surface area contributed by atoms with Crippen LogP contribution in [0.2, 0.25) is 0 Å². The molecule has 0 unspecified atom stereocenters. The minimum atomic E-state index is -0.578. The maximum atomic E-state index is 12.7. The zero-order valence-corrected chi connectivity index (χ0v) is 16.5. The Balaban J connectivity index is 1.36. The standard InChI is InChI=1S/C21H21BrN2O3/c22-24(13-10-16-6-2-1-3-7-16)20(26)23-14-11-21(12-15-23)18-9-5-4-8-17(18)19(25)27-21/h1-9H,10-15H2. The van der Waals surface area contributed by atoms with Crippen LogP contribution in [0.5, 0.6) is 0 Å². The molecule has 0 saturated carbocycles. The number of likely N-dealkylation sites (tertiary alicyclic amines) is 1. The Morgan fingerprint density at radius 3 is 2.48 bits per heavy atom. The second kappa shape index (κ2) is 7.35. The Hall–Kier alpha value is -2.34. The summed E-state index contributed by atoms with van der Waals surface area (Å²) in [6, 6.07) is 17.6. The Kier molecular flexibility index (Phi) is 4.91. The van der Waals surface area contributed by atoms with Crippen LogP contribution in [-0.4, -0.2) is 40.5 Å². The van der Waals surface area contributed by atoms with E-state index < -0.39 is 5.60 Å². The van der Waals surface area contributed by atoms with Gasteiger partial charge in [-0.15, -0.1) is 0 Å². The van der Waals surface area contributed by atoms with Gasteiger partial charge in [-0.3, -0.25) is 3.93 Å². The van der Waals surface area contributed by atoms with Crippen molar-refractivity contribution >= 4 is 28.1 Å². The SMILES string of the molecule is O=C1OC2(CCN(C(=O)N(Br)CCc3ccccc3)CC2)c2ccccc21. The third-order valence-electron chi connectivity index (χ3n) is 5.41. The maximum absolute atomic E-state index is 12.7. The van der Waals surface area contributed by atoms with Crippen molar-refractivity contribution in [3.63, 3.8) is 0 Å². The molecule has 27 heavy (non-hydrogen) atoms. The number of ether oxygens (including phenoxy) is 1. The van der Waals surface area contributed by atoms with Gasteiger partial charge in [-0.2, -0.15) is 0 Å². The van der Waals surface area contributed by atoms with Gasteiger partial charge in [0, 0.05) is 38.0 Å². The molecule has 1 spiro atoms. The molecule has 0 radical (unpaired) electrons. The molecule has 2 heterocycles. The van der Waals surface area contributed by atoms with Crippen LogP contribution in [0.15, 0.2) is 54.6 Å². The Bertz CT molecular complexity index is 848. The summed E-state index contributed by atoms with van der Waals surface area (Å²) in [5.74, 6) is -0.254. The summed E-state index contributed by atoms with van der Waals surface area (Å²) < 4.78 is 7.34. The van der Waals surface area contributed by atoms with Crippen molar-refractivity contribution in [2.45, 2.75) is 24.9 Å². The van der Waals surface area contributed by atoms with Crippen molar-refractivity contribution < 1.29 is 14.3 Å². The fourth-order valence-electron chi connectivity index (χ4n) is 3.90. The first-order valence-corrected chi connectivity index (χ1v) is 9.89. The molecule has 2 amide bonds. The van der Waals surface area contributed by atoms with Gasteiger partial charge in [0.15, 0.2) is 0 Å². The summed E-state index contributed by atoms with van der Waals surface area (Å²) in [6.45, 7) is 1.73. The van der Waals surface area contributed by atoms with E-state index in [-0.39, 0.29) is 12.0 Å². The lowest BCUT2D eigenvalue weighted by Crippen LogP contribution is -2.48. The minimum Gasteiger partial charge on any atom is -0.450 e. The molecule has 0 aromatic heterocycles. The first-order chi connectivity index (χ1) is 13.1. The topological polar surface area (TPSA) is 49.9 Å². The van der Waals surface area contributed by atoms with Crippen LogP contribution < -0.4 is 0 Å². The number of amides is 2. The smallest absolute Gasteiger partial charge is 0.339 e. The monoisotopic (exact) mass is 428 g/mol. The van der Waals surface area contributed by atoms with Crippen molar-refractivity contribution in [1.82, 2.24) is 8.83 Å². The van der Waals surface area contributed by atoms with Crippen molar-refractivity contribution in [1.29, 1.82) is 0 Å². The van der Waals surface area contributed by atoms with Crippen LogP contribution in [0.4, 0.5) is 4.79 Å². The fourth-order valence-corrected chi connectivity index (χ4v) is 4.30. The Labute approximate surface area is 167 Å². The number of fused-ring (bicyclic) bond motifs is 2. The number of urea groups is 1. The number of hydrogen-bond acceptors (Lipinski definition) is 3. The summed E-state index contributed by atoms with van der Waals surface area (Å²) in [5.41, 5.74) is 2.23. The van der Waals surface area contributed by atoms with E-state index in [9.17, 15) is 9.59 Å². The molecule has 1 saturated heterocycles. The summed E-state index contributed by atoms with van der Waals surface area (Å²) in [4.78, 5) is 26.7. The van der Waals surface area contributed by atoms with Gasteiger partial charge in [-0.05, 0) is 18.1 Å². The molecule has 6 heteroatoms. The molecule has 5 nitrogen and oxygen atoms in total. The van der Waals surface area contributed by atoms with Gasteiger partial charge >= 0.3 is 12.0 Å². The number of piperidine rings is 1. The number of esters is 1. The van der Waals surface area contributed by atoms with Crippen LogP contribution in [0.3, 0.4) is 0 Å². The molecular weight excluding hydrogens is 408 g/mol. The van der Waals surface area contributed by atoms with Crippen molar-refractivity contribution in [3.8, 4) is 0 Å². The molecule has 0 atom stereocenters. The first kappa shape index (κ1) is 18.0. The number of carbonyl (C=O) groups excluding carboxylic acids is 2. The van der Waals surface area contributed by atoms with E-state index in [4.69, 9.17) is 4.74 Å². The van der Waals surface area contributed by atoms with E-state index >= 15 is 0 Å². The number of halogens is 1. The molecule has 2 aliphatic rings. The highest BCUT2D eigenvalue weighted by Crippen LogP contribution is 2.44. The number of benzene rings is 2. The number of carbonyl (C=O) groups is 2. The zero-order valence-electron chi connectivity index (χ0n) is 14.9. The molecule has 4 rings (SSSR count). The molecule has 0 aliphatic carbocycles.